The molecule has 0 aromatic carbocycles. The molecule has 2 rings (SSSR count). The van der Waals surface area contributed by atoms with E-state index in [1.54, 1.807) is 17.1 Å². The van der Waals surface area contributed by atoms with E-state index in [2.05, 4.69) is 16.0 Å². The first-order chi connectivity index (χ1) is 8.35. The molecule has 2 aromatic rings. The number of aromatic nitrogens is 3. The minimum atomic E-state index is 0.0923. The molecule has 86 valence electrons. The summed E-state index contributed by atoms with van der Waals surface area (Å²) in [6.45, 7) is 0.522. The van der Waals surface area contributed by atoms with Crippen LogP contribution in [-0.4, -0.2) is 26.5 Å². The highest BCUT2D eigenvalue weighted by molar-refractivity contribution is 5.61. The molecule has 0 radical (unpaired) electrons. The number of aliphatic hydroxyl groups is 1. The highest BCUT2D eigenvalue weighted by Crippen LogP contribution is 2.21. The van der Waals surface area contributed by atoms with Crippen LogP contribution >= 0.6 is 0 Å². The Hall–Kier alpha value is -2.12. The number of hydrogen-bond donors (Lipinski definition) is 1. The standard InChI is InChI=1S/C13H13N3O/c1-2-7-16-10-12(5-8-17)13(15-16)11-4-3-6-14-9-11/h1,3-4,6,9-10,17H,5,7-8H2. The van der Waals surface area contributed by atoms with Crippen molar-refractivity contribution in [3.8, 4) is 23.6 Å². The molecule has 0 saturated carbocycles. The van der Waals surface area contributed by atoms with Gasteiger partial charge in [0.15, 0.2) is 0 Å². The van der Waals surface area contributed by atoms with Gasteiger partial charge in [0.1, 0.15) is 6.54 Å². The number of terminal acetylenes is 1. The molecule has 0 spiro atoms. The SMILES string of the molecule is C#CCn1cc(CCO)c(-c2cccnc2)n1. The summed E-state index contributed by atoms with van der Waals surface area (Å²) in [5.74, 6) is 2.54. The van der Waals surface area contributed by atoms with Crippen molar-refractivity contribution in [3.05, 3.63) is 36.3 Å². The smallest absolute Gasteiger partial charge is 0.101 e. The van der Waals surface area contributed by atoms with Crippen LogP contribution < -0.4 is 0 Å². The molecule has 0 aliphatic heterocycles. The fourth-order valence-electron chi connectivity index (χ4n) is 1.69. The number of pyridine rings is 1. The lowest BCUT2D eigenvalue weighted by Gasteiger charge is -1.99. The van der Waals surface area contributed by atoms with Crippen molar-refractivity contribution in [2.45, 2.75) is 13.0 Å². The average Bonchev–Trinajstić information content (AvgIpc) is 2.74. The fourth-order valence-corrected chi connectivity index (χ4v) is 1.69. The topological polar surface area (TPSA) is 50.9 Å². The first kappa shape index (κ1) is 11.4. The van der Waals surface area contributed by atoms with Crippen molar-refractivity contribution in [3.63, 3.8) is 0 Å². The van der Waals surface area contributed by atoms with Gasteiger partial charge in [-0.2, -0.15) is 5.10 Å². The summed E-state index contributed by atoms with van der Waals surface area (Å²) < 4.78 is 1.70. The lowest BCUT2D eigenvalue weighted by molar-refractivity contribution is 0.299. The molecule has 0 unspecified atom stereocenters. The molecule has 2 heterocycles. The van der Waals surface area contributed by atoms with E-state index in [1.807, 2.05) is 18.3 Å². The quantitative estimate of drug-likeness (QED) is 0.796. The Morgan fingerprint density at radius 1 is 1.47 bits per heavy atom. The molecule has 0 saturated heterocycles. The Balaban J connectivity index is 2.41. The zero-order valence-electron chi connectivity index (χ0n) is 9.37. The van der Waals surface area contributed by atoms with Crippen LogP contribution in [0.1, 0.15) is 5.56 Å². The molecule has 4 heteroatoms. The van der Waals surface area contributed by atoms with E-state index < -0.39 is 0 Å². The van der Waals surface area contributed by atoms with Crippen LogP contribution in [0, 0.1) is 12.3 Å². The molecule has 0 amide bonds. The number of hydrogen-bond acceptors (Lipinski definition) is 3. The Bertz CT molecular complexity index is 525. The summed E-state index contributed by atoms with van der Waals surface area (Å²) in [5, 5.41) is 13.4. The minimum Gasteiger partial charge on any atom is -0.396 e. The average molecular weight is 227 g/mol. The van der Waals surface area contributed by atoms with Crippen molar-refractivity contribution in [1.82, 2.24) is 14.8 Å². The molecule has 0 fully saturated rings. The van der Waals surface area contributed by atoms with Crippen LogP contribution in [-0.2, 0) is 13.0 Å². The van der Waals surface area contributed by atoms with Crippen LogP contribution in [0.25, 0.3) is 11.3 Å². The maximum atomic E-state index is 9.04. The van der Waals surface area contributed by atoms with Crippen molar-refractivity contribution >= 4 is 0 Å². The van der Waals surface area contributed by atoms with Crippen LogP contribution in [0.2, 0.25) is 0 Å². The first-order valence-corrected chi connectivity index (χ1v) is 5.36. The van der Waals surface area contributed by atoms with Crippen molar-refractivity contribution in [2.24, 2.45) is 0 Å². The zero-order valence-corrected chi connectivity index (χ0v) is 9.37. The highest BCUT2D eigenvalue weighted by atomic mass is 16.2. The number of rotatable bonds is 4. The van der Waals surface area contributed by atoms with Crippen LogP contribution in [0.4, 0.5) is 0 Å². The highest BCUT2D eigenvalue weighted by Gasteiger charge is 2.10. The van der Waals surface area contributed by atoms with Gasteiger partial charge in [-0.15, -0.1) is 6.42 Å². The molecular weight excluding hydrogens is 214 g/mol. The van der Waals surface area contributed by atoms with Gasteiger partial charge in [-0.1, -0.05) is 5.92 Å². The summed E-state index contributed by atoms with van der Waals surface area (Å²) in [4.78, 5) is 4.07. The number of nitrogens with zero attached hydrogens (tertiary/aromatic N) is 3. The number of aliphatic hydroxyl groups excluding tert-OH is 1. The third kappa shape index (κ3) is 2.52. The molecule has 0 atom stereocenters. The summed E-state index contributed by atoms with van der Waals surface area (Å²) in [6, 6.07) is 3.80. The summed E-state index contributed by atoms with van der Waals surface area (Å²) >= 11 is 0. The van der Waals surface area contributed by atoms with Gasteiger partial charge < -0.3 is 5.11 Å². The van der Waals surface area contributed by atoms with Gasteiger partial charge in [-0.05, 0) is 18.6 Å². The van der Waals surface area contributed by atoms with Crippen molar-refractivity contribution in [1.29, 1.82) is 0 Å². The Kier molecular flexibility index (Phi) is 3.53. The summed E-state index contributed by atoms with van der Waals surface area (Å²) in [5.41, 5.74) is 2.75. The second-order valence-electron chi connectivity index (χ2n) is 3.62. The molecule has 2 aromatic heterocycles. The first-order valence-electron chi connectivity index (χ1n) is 5.36. The lowest BCUT2D eigenvalue weighted by Crippen LogP contribution is -1.95. The minimum absolute atomic E-state index is 0.0923. The van der Waals surface area contributed by atoms with Crippen LogP contribution in [0.15, 0.2) is 30.7 Å². The molecule has 17 heavy (non-hydrogen) atoms. The third-order valence-corrected chi connectivity index (χ3v) is 2.41. The maximum absolute atomic E-state index is 9.04. The van der Waals surface area contributed by atoms with E-state index in [0.29, 0.717) is 13.0 Å². The van der Waals surface area contributed by atoms with E-state index in [1.165, 1.54) is 0 Å². The lowest BCUT2D eigenvalue weighted by atomic mass is 10.1. The van der Waals surface area contributed by atoms with E-state index in [9.17, 15) is 0 Å². The van der Waals surface area contributed by atoms with Gasteiger partial charge in [-0.25, -0.2) is 0 Å². The van der Waals surface area contributed by atoms with E-state index in [-0.39, 0.29) is 6.61 Å². The van der Waals surface area contributed by atoms with E-state index in [4.69, 9.17) is 11.5 Å². The molecule has 4 nitrogen and oxygen atoms in total. The van der Waals surface area contributed by atoms with Crippen LogP contribution in [0.3, 0.4) is 0 Å². The largest absolute Gasteiger partial charge is 0.396 e. The van der Waals surface area contributed by atoms with Crippen LogP contribution in [0.5, 0.6) is 0 Å². The third-order valence-electron chi connectivity index (χ3n) is 2.41. The Labute approximate surface area is 99.9 Å². The monoisotopic (exact) mass is 227 g/mol. The Morgan fingerprint density at radius 3 is 3.00 bits per heavy atom. The summed E-state index contributed by atoms with van der Waals surface area (Å²) in [7, 11) is 0. The molecular formula is C13H13N3O. The van der Waals surface area contributed by atoms with E-state index in [0.717, 1.165) is 16.8 Å². The predicted octanol–water partition coefficient (Wildman–Crippen LogP) is 1.11. The van der Waals surface area contributed by atoms with Crippen molar-refractivity contribution < 1.29 is 5.11 Å². The Morgan fingerprint density at radius 2 is 2.35 bits per heavy atom. The van der Waals surface area contributed by atoms with Gasteiger partial charge >= 0.3 is 0 Å². The van der Waals surface area contributed by atoms with Crippen molar-refractivity contribution in [2.75, 3.05) is 6.61 Å². The van der Waals surface area contributed by atoms with Gasteiger partial charge in [0, 0.05) is 36.3 Å². The normalized spacial score (nSPS) is 10.1. The van der Waals surface area contributed by atoms with Gasteiger partial charge in [0.25, 0.3) is 0 Å². The van der Waals surface area contributed by atoms with Gasteiger partial charge in [0.05, 0.1) is 5.69 Å². The molecule has 0 aliphatic rings. The second kappa shape index (κ2) is 5.28. The summed E-state index contributed by atoms with van der Waals surface area (Å²) in [6.07, 6.45) is 11.2. The van der Waals surface area contributed by atoms with E-state index >= 15 is 0 Å². The second-order valence-corrected chi connectivity index (χ2v) is 3.62. The zero-order chi connectivity index (χ0) is 12.1. The fraction of sp³-hybridized carbons (Fsp3) is 0.231. The van der Waals surface area contributed by atoms with Gasteiger partial charge in [0.2, 0.25) is 0 Å². The predicted molar refractivity (Wildman–Crippen MR) is 65.1 cm³/mol. The molecule has 1 N–H and O–H groups in total. The molecule has 0 bridgehead atoms. The maximum Gasteiger partial charge on any atom is 0.101 e. The van der Waals surface area contributed by atoms with Gasteiger partial charge in [-0.3, -0.25) is 9.67 Å². The molecule has 0 aliphatic carbocycles.